The zero-order valence-corrected chi connectivity index (χ0v) is 11.0. The molecule has 1 aliphatic rings. The van der Waals surface area contributed by atoms with E-state index in [-0.39, 0.29) is 11.7 Å². The molecule has 1 aromatic rings. The minimum atomic E-state index is -0.115. The summed E-state index contributed by atoms with van der Waals surface area (Å²) in [5.74, 6) is 0.929. The number of benzene rings is 1. The predicted octanol–water partition coefficient (Wildman–Crippen LogP) is 2.98. The maximum atomic E-state index is 5.92. The van der Waals surface area contributed by atoms with Crippen molar-refractivity contribution in [2.45, 2.75) is 39.4 Å². The van der Waals surface area contributed by atoms with E-state index in [1.54, 1.807) is 0 Å². The van der Waals surface area contributed by atoms with Crippen LogP contribution in [0.1, 0.15) is 26.3 Å². The Morgan fingerprint density at radius 1 is 1.41 bits per heavy atom. The van der Waals surface area contributed by atoms with Gasteiger partial charge in [-0.05, 0) is 45.4 Å². The number of hydrogen-bond donors (Lipinski definition) is 1. The molecule has 1 heterocycles. The normalized spacial score (nSPS) is 19.2. The van der Waals surface area contributed by atoms with Crippen LogP contribution in [-0.2, 0) is 4.74 Å². The molecule has 0 amide bonds. The second kappa shape index (κ2) is 4.57. The predicted molar refractivity (Wildman–Crippen MR) is 69.8 cm³/mol. The van der Waals surface area contributed by atoms with Crippen molar-refractivity contribution < 1.29 is 9.47 Å². The van der Waals surface area contributed by atoms with E-state index in [1.807, 2.05) is 0 Å². The topological polar surface area (TPSA) is 30.5 Å². The summed E-state index contributed by atoms with van der Waals surface area (Å²) >= 11 is 0. The van der Waals surface area contributed by atoms with Gasteiger partial charge in [0, 0.05) is 0 Å². The molecule has 0 fully saturated rings. The molecule has 3 nitrogen and oxygen atoms in total. The molecule has 3 heteroatoms. The SMILES string of the molecule is Cc1ccc2c(c1)OC(COC(C)(C)C)CN2. The van der Waals surface area contributed by atoms with Crippen LogP contribution in [0.15, 0.2) is 18.2 Å². The third kappa shape index (κ3) is 3.37. The van der Waals surface area contributed by atoms with Crippen LogP contribution in [0.3, 0.4) is 0 Å². The minimum absolute atomic E-state index is 0.0866. The Labute approximate surface area is 103 Å². The smallest absolute Gasteiger partial charge is 0.143 e. The zero-order chi connectivity index (χ0) is 12.5. The molecule has 0 saturated heterocycles. The van der Waals surface area contributed by atoms with Gasteiger partial charge in [0.05, 0.1) is 24.4 Å². The number of rotatable bonds is 2. The summed E-state index contributed by atoms with van der Waals surface area (Å²) in [5.41, 5.74) is 2.17. The van der Waals surface area contributed by atoms with Crippen molar-refractivity contribution in [3.8, 4) is 5.75 Å². The van der Waals surface area contributed by atoms with Crippen LogP contribution < -0.4 is 10.1 Å². The largest absolute Gasteiger partial charge is 0.484 e. The zero-order valence-electron chi connectivity index (χ0n) is 11.0. The van der Waals surface area contributed by atoms with Crippen molar-refractivity contribution in [3.05, 3.63) is 23.8 Å². The van der Waals surface area contributed by atoms with Crippen LogP contribution in [0.4, 0.5) is 5.69 Å². The van der Waals surface area contributed by atoms with Gasteiger partial charge in [0.1, 0.15) is 11.9 Å². The Balaban J connectivity index is 1.98. The van der Waals surface area contributed by atoms with Gasteiger partial charge >= 0.3 is 0 Å². The highest BCUT2D eigenvalue weighted by Gasteiger charge is 2.21. The average Bonchev–Trinajstić information content (AvgIpc) is 2.24. The minimum Gasteiger partial charge on any atom is -0.484 e. The Morgan fingerprint density at radius 2 is 2.18 bits per heavy atom. The molecule has 0 bridgehead atoms. The third-order valence-corrected chi connectivity index (χ3v) is 2.65. The summed E-state index contributed by atoms with van der Waals surface area (Å²) in [4.78, 5) is 0. The lowest BCUT2D eigenvalue weighted by Gasteiger charge is -2.30. The van der Waals surface area contributed by atoms with Gasteiger partial charge in [0.2, 0.25) is 0 Å². The highest BCUT2D eigenvalue weighted by atomic mass is 16.5. The van der Waals surface area contributed by atoms with Crippen LogP contribution in [0.2, 0.25) is 0 Å². The van der Waals surface area contributed by atoms with E-state index < -0.39 is 0 Å². The molecule has 17 heavy (non-hydrogen) atoms. The Bertz CT molecular complexity index is 396. The lowest BCUT2D eigenvalue weighted by Crippen LogP contribution is -2.37. The van der Waals surface area contributed by atoms with Crippen molar-refractivity contribution in [1.82, 2.24) is 0 Å². The molecule has 0 saturated carbocycles. The molecular weight excluding hydrogens is 214 g/mol. The van der Waals surface area contributed by atoms with Gasteiger partial charge in [0.25, 0.3) is 0 Å². The summed E-state index contributed by atoms with van der Waals surface area (Å²) in [7, 11) is 0. The molecule has 1 atom stereocenters. The van der Waals surface area contributed by atoms with Crippen molar-refractivity contribution >= 4 is 5.69 Å². The maximum absolute atomic E-state index is 5.92. The van der Waals surface area contributed by atoms with Crippen LogP contribution in [0, 0.1) is 6.92 Å². The number of ether oxygens (including phenoxy) is 2. The van der Waals surface area contributed by atoms with Crippen molar-refractivity contribution in [3.63, 3.8) is 0 Å². The van der Waals surface area contributed by atoms with E-state index in [0.29, 0.717) is 6.61 Å². The number of aryl methyl sites for hydroxylation is 1. The van der Waals surface area contributed by atoms with E-state index in [2.05, 4.69) is 51.2 Å². The van der Waals surface area contributed by atoms with Gasteiger partial charge in [-0.1, -0.05) is 6.07 Å². The summed E-state index contributed by atoms with van der Waals surface area (Å²) < 4.78 is 11.7. The fraction of sp³-hybridized carbons (Fsp3) is 0.571. The molecule has 0 spiro atoms. The van der Waals surface area contributed by atoms with Crippen molar-refractivity contribution in [1.29, 1.82) is 0 Å². The van der Waals surface area contributed by atoms with Gasteiger partial charge in [-0.15, -0.1) is 0 Å². The van der Waals surface area contributed by atoms with Gasteiger partial charge in [-0.3, -0.25) is 0 Å². The van der Waals surface area contributed by atoms with Gasteiger partial charge in [0.15, 0.2) is 0 Å². The first kappa shape index (κ1) is 12.2. The van der Waals surface area contributed by atoms with Crippen LogP contribution in [0.25, 0.3) is 0 Å². The van der Waals surface area contributed by atoms with Crippen LogP contribution in [0.5, 0.6) is 5.75 Å². The molecule has 1 aromatic carbocycles. The van der Waals surface area contributed by atoms with E-state index in [9.17, 15) is 0 Å². The standard InChI is InChI=1S/C14H21NO2/c1-10-5-6-12-13(7-10)17-11(8-15-12)9-16-14(2,3)4/h5-7,11,15H,8-9H2,1-4H3. The fourth-order valence-electron chi connectivity index (χ4n) is 1.75. The summed E-state index contributed by atoms with van der Waals surface area (Å²) in [5, 5.41) is 3.37. The number of hydrogen-bond acceptors (Lipinski definition) is 3. The third-order valence-electron chi connectivity index (χ3n) is 2.65. The van der Waals surface area contributed by atoms with Gasteiger partial charge < -0.3 is 14.8 Å². The molecule has 94 valence electrons. The van der Waals surface area contributed by atoms with Gasteiger partial charge in [-0.25, -0.2) is 0 Å². The molecular formula is C14H21NO2. The average molecular weight is 235 g/mol. The first-order valence-corrected chi connectivity index (χ1v) is 6.09. The second-order valence-electron chi connectivity index (χ2n) is 5.54. The van der Waals surface area contributed by atoms with Crippen LogP contribution in [-0.4, -0.2) is 24.9 Å². The fourth-order valence-corrected chi connectivity index (χ4v) is 1.75. The molecule has 1 unspecified atom stereocenters. The molecule has 1 N–H and O–H groups in total. The Morgan fingerprint density at radius 3 is 2.88 bits per heavy atom. The Kier molecular flexibility index (Phi) is 3.29. The van der Waals surface area contributed by atoms with E-state index in [4.69, 9.17) is 9.47 Å². The number of nitrogens with one attached hydrogen (secondary N) is 1. The highest BCUT2D eigenvalue weighted by Crippen LogP contribution is 2.30. The Hall–Kier alpha value is -1.22. The maximum Gasteiger partial charge on any atom is 0.143 e. The van der Waals surface area contributed by atoms with Crippen LogP contribution >= 0.6 is 0 Å². The highest BCUT2D eigenvalue weighted by molar-refractivity contribution is 5.59. The first-order valence-electron chi connectivity index (χ1n) is 6.09. The molecule has 2 rings (SSSR count). The molecule has 0 aliphatic carbocycles. The van der Waals surface area contributed by atoms with E-state index in [1.165, 1.54) is 5.56 Å². The number of fused-ring (bicyclic) bond motifs is 1. The summed E-state index contributed by atoms with van der Waals surface area (Å²) in [6, 6.07) is 6.21. The molecule has 1 aliphatic heterocycles. The monoisotopic (exact) mass is 235 g/mol. The van der Waals surface area contributed by atoms with E-state index in [0.717, 1.165) is 18.0 Å². The van der Waals surface area contributed by atoms with Gasteiger partial charge in [-0.2, -0.15) is 0 Å². The van der Waals surface area contributed by atoms with Crippen molar-refractivity contribution in [2.24, 2.45) is 0 Å². The lowest BCUT2D eigenvalue weighted by atomic mass is 10.1. The number of anilines is 1. The molecule has 0 radical (unpaired) electrons. The molecule has 0 aromatic heterocycles. The first-order chi connectivity index (χ1) is 7.94. The quantitative estimate of drug-likeness (QED) is 0.854. The van der Waals surface area contributed by atoms with E-state index >= 15 is 0 Å². The summed E-state index contributed by atoms with van der Waals surface area (Å²) in [6.45, 7) is 9.65. The lowest BCUT2D eigenvalue weighted by molar-refractivity contribution is -0.0398. The van der Waals surface area contributed by atoms with Crippen molar-refractivity contribution in [2.75, 3.05) is 18.5 Å². The second-order valence-corrected chi connectivity index (χ2v) is 5.54. The summed E-state index contributed by atoms with van der Waals surface area (Å²) in [6.07, 6.45) is 0.0866.